The molecule has 0 fully saturated rings. The lowest BCUT2D eigenvalue weighted by atomic mass is 10.0. The first-order valence-electron chi connectivity index (χ1n) is 7.94. The topological polar surface area (TPSA) is 62.0 Å². The largest absolute Gasteiger partial charge is 0.375 e. The number of hydrogen-bond donors (Lipinski definition) is 2. The van der Waals surface area contributed by atoms with E-state index in [1.165, 1.54) is 12.5 Å². The van der Waals surface area contributed by atoms with Crippen molar-refractivity contribution >= 4 is 17.3 Å². The standard InChI is InChI=1S/C19H24N2O2/c1-6-15-8-7-9-16(10-15)20-13(4)19(23)18-11(2)17(14(5)22)12(3)21-18/h7-10,13,20-21H,6H2,1-5H3/t13-/m0/s1. The summed E-state index contributed by atoms with van der Waals surface area (Å²) < 4.78 is 0. The fourth-order valence-corrected chi connectivity index (χ4v) is 2.94. The van der Waals surface area contributed by atoms with Crippen LogP contribution in [0.2, 0.25) is 0 Å². The van der Waals surface area contributed by atoms with Crippen molar-refractivity contribution in [3.8, 4) is 0 Å². The Balaban J connectivity index is 2.23. The molecule has 1 aromatic heterocycles. The summed E-state index contributed by atoms with van der Waals surface area (Å²) in [5.41, 5.74) is 4.76. The van der Waals surface area contributed by atoms with E-state index in [0.29, 0.717) is 11.3 Å². The summed E-state index contributed by atoms with van der Waals surface area (Å²) in [7, 11) is 0. The highest BCUT2D eigenvalue weighted by Crippen LogP contribution is 2.21. The van der Waals surface area contributed by atoms with Crippen molar-refractivity contribution < 1.29 is 9.59 Å². The smallest absolute Gasteiger partial charge is 0.201 e. The minimum atomic E-state index is -0.376. The SMILES string of the molecule is CCc1cccc(N[C@@H](C)C(=O)c2[nH]c(C)c(C(C)=O)c2C)c1. The Labute approximate surface area is 137 Å². The second kappa shape index (κ2) is 6.82. The summed E-state index contributed by atoms with van der Waals surface area (Å²) in [6.07, 6.45) is 0.953. The van der Waals surface area contributed by atoms with Gasteiger partial charge in [0.1, 0.15) is 0 Å². The summed E-state index contributed by atoms with van der Waals surface area (Å²) in [5, 5.41) is 3.25. The maximum atomic E-state index is 12.7. The maximum Gasteiger partial charge on any atom is 0.201 e. The summed E-state index contributed by atoms with van der Waals surface area (Å²) in [6.45, 7) is 9.10. The van der Waals surface area contributed by atoms with Gasteiger partial charge in [-0.05, 0) is 57.4 Å². The third-order valence-electron chi connectivity index (χ3n) is 4.15. The number of rotatable bonds is 6. The number of carbonyl (C=O) groups is 2. The second-order valence-electron chi connectivity index (χ2n) is 5.97. The van der Waals surface area contributed by atoms with E-state index in [2.05, 4.69) is 29.4 Å². The summed E-state index contributed by atoms with van der Waals surface area (Å²) in [5.74, 6) is -0.0634. The number of anilines is 1. The molecule has 23 heavy (non-hydrogen) atoms. The molecule has 0 aliphatic rings. The molecule has 0 amide bonds. The van der Waals surface area contributed by atoms with Crippen molar-refractivity contribution in [1.29, 1.82) is 0 Å². The summed E-state index contributed by atoms with van der Waals surface area (Å²) in [4.78, 5) is 27.5. The number of nitrogens with one attached hydrogen (secondary N) is 2. The highest BCUT2D eigenvalue weighted by molar-refractivity contribution is 6.05. The molecule has 2 rings (SSSR count). The molecule has 1 heterocycles. The van der Waals surface area contributed by atoms with Gasteiger partial charge in [0.05, 0.1) is 11.7 Å². The van der Waals surface area contributed by atoms with Crippen LogP contribution in [0.25, 0.3) is 0 Å². The van der Waals surface area contributed by atoms with Gasteiger partial charge in [-0.15, -0.1) is 0 Å². The Morgan fingerprint density at radius 1 is 1.26 bits per heavy atom. The van der Waals surface area contributed by atoms with Crippen LogP contribution in [-0.2, 0) is 6.42 Å². The average Bonchev–Trinajstić information content (AvgIpc) is 2.81. The Morgan fingerprint density at radius 3 is 2.52 bits per heavy atom. The molecule has 0 radical (unpaired) electrons. The van der Waals surface area contributed by atoms with E-state index in [1.807, 2.05) is 32.9 Å². The monoisotopic (exact) mass is 312 g/mol. The molecule has 0 saturated carbocycles. The molecule has 1 atom stereocenters. The lowest BCUT2D eigenvalue weighted by Crippen LogP contribution is -2.27. The predicted molar refractivity (Wildman–Crippen MR) is 93.5 cm³/mol. The van der Waals surface area contributed by atoms with Crippen molar-refractivity contribution in [2.75, 3.05) is 5.32 Å². The third-order valence-corrected chi connectivity index (χ3v) is 4.15. The highest BCUT2D eigenvalue weighted by Gasteiger charge is 2.23. The van der Waals surface area contributed by atoms with Gasteiger partial charge in [0.15, 0.2) is 5.78 Å². The molecule has 2 N–H and O–H groups in total. The van der Waals surface area contributed by atoms with Gasteiger partial charge in [0.2, 0.25) is 5.78 Å². The lowest BCUT2D eigenvalue weighted by Gasteiger charge is -2.15. The van der Waals surface area contributed by atoms with Gasteiger partial charge in [0, 0.05) is 16.9 Å². The molecule has 4 nitrogen and oxygen atoms in total. The number of aryl methyl sites for hydroxylation is 2. The van der Waals surface area contributed by atoms with Gasteiger partial charge in [-0.3, -0.25) is 9.59 Å². The molecule has 2 aromatic rings. The Kier molecular flexibility index (Phi) is 5.04. The van der Waals surface area contributed by atoms with Crippen LogP contribution in [0.4, 0.5) is 5.69 Å². The van der Waals surface area contributed by atoms with Gasteiger partial charge in [-0.1, -0.05) is 19.1 Å². The Hall–Kier alpha value is -2.36. The number of ketones is 2. The van der Waals surface area contributed by atoms with Crippen molar-refractivity contribution in [3.05, 3.63) is 52.3 Å². The number of benzene rings is 1. The number of Topliss-reactive ketones (excluding diaryl/α,β-unsaturated/α-hetero) is 2. The normalized spacial score (nSPS) is 12.0. The van der Waals surface area contributed by atoms with Gasteiger partial charge >= 0.3 is 0 Å². The minimum Gasteiger partial charge on any atom is -0.375 e. The van der Waals surface area contributed by atoms with Crippen LogP contribution in [0.5, 0.6) is 0 Å². The first-order chi connectivity index (χ1) is 10.8. The van der Waals surface area contributed by atoms with Crippen LogP contribution in [0, 0.1) is 13.8 Å². The molecule has 0 bridgehead atoms. The zero-order valence-corrected chi connectivity index (χ0v) is 14.4. The number of H-pyrrole nitrogens is 1. The average molecular weight is 312 g/mol. The molecular formula is C19H24N2O2. The van der Waals surface area contributed by atoms with E-state index >= 15 is 0 Å². The highest BCUT2D eigenvalue weighted by atomic mass is 16.1. The van der Waals surface area contributed by atoms with Gasteiger partial charge in [-0.25, -0.2) is 0 Å². The van der Waals surface area contributed by atoms with Gasteiger partial charge < -0.3 is 10.3 Å². The first-order valence-corrected chi connectivity index (χ1v) is 7.94. The zero-order chi connectivity index (χ0) is 17.1. The van der Waals surface area contributed by atoms with E-state index in [4.69, 9.17) is 0 Å². The molecule has 0 saturated heterocycles. The van der Waals surface area contributed by atoms with E-state index in [9.17, 15) is 9.59 Å². The number of aromatic amines is 1. The van der Waals surface area contributed by atoms with Gasteiger partial charge in [-0.2, -0.15) is 0 Å². The first kappa shape index (κ1) is 17.0. The van der Waals surface area contributed by atoms with Crippen LogP contribution >= 0.6 is 0 Å². The summed E-state index contributed by atoms with van der Waals surface area (Å²) in [6, 6.07) is 7.68. The lowest BCUT2D eigenvalue weighted by molar-refractivity contribution is 0.0970. The number of carbonyl (C=O) groups excluding carboxylic acids is 2. The molecule has 1 aromatic carbocycles. The van der Waals surface area contributed by atoms with E-state index in [1.54, 1.807) is 0 Å². The molecule has 0 aliphatic heterocycles. The number of hydrogen-bond acceptors (Lipinski definition) is 3. The predicted octanol–water partition coefficient (Wildman–Crippen LogP) is 4.08. The quantitative estimate of drug-likeness (QED) is 0.790. The molecule has 0 aliphatic carbocycles. The fraction of sp³-hybridized carbons (Fsp3) is 0.368. The van der Waals surface area contributed by atoms with Crippen LogP contribution < -0.4 is 5.32 Å². The van der Waals surface area contributed by atoms with Crippen molar-refractivity contribution in [3.63, 3.8) is 0 Å². The van der Waals surface area contributed by atoms with Crippen LogP contribution in [0.3, 0.4) is 0 Å². The summed E-state index contributed by atoms with van der Waals surface area (Å²) >= 11 is 0. The zero-order valence-electron chi connectivity index (χ0n) is 14.4. The van der Waals surface area contributed by atoms with Crippen LogP contribution in [0.15, 0.2) is 24.3 Å². The van der Waals surface area contributed by atoms with E-state index in [-0.39, 0.29) is 17.6 Å². The third kappa shape index (κ3) is 3.52. The van der Waals surface area contributed by atoms with Crippen molar-refractivity contribution in [1.82, 2.24) is 4.98 Å². The van der Waals surface area contributed by atoms with Crippen LogP contribution in [-0.4, -0.2) is 22.6 Å². The maximum absolute atomic E-state index is 12.7. The van der Waals surface area contributed by atoms with Gasteiger partial charge in [0.25, 0.3) is 0 Å². The van der Waals surface area contributed by atoms with E-state index < -0.39 is 0 Å². The Bertz CT molecular complexity index is 744. The Morgan fingerprint density at radius 2 is 1.96 bits per heavy atom. The molecular weight excluding hydrogens is 288 g/mol. The number of aromatic nitrogens is 1. The van der Waals surface area contributed by atoms with E-state index in [0.717, 1.165) is 23.4 Å². The van der Waals surface area contributed by atoms with Crippen molar-refractivity contribution in [2.24, 2.45) is 0 Å². The molecule has 0 spiro atoms. The minimum absolute atomic E-state index is 0.0217. The molecule has 4 heteroatoms. The molecule has 122 valence electrons. The van der Waals surface area contributed by atoms with Crippen molar-refractivity contribution in [2.45, 2.75) is 47.1 Å². The van der Waals surface area contributed by atoms with Crippen LogP contribution in [0.1, 0.15) is 58.4 Å². The second-order valence-corrected chi connectivity index (χ2v) is 5.97. The molecule has 0 unspecified atom stereocenters. The fourth-order valence-electron chi connectivity index (χ4n) is 2.94.